The van der Waals surface area contributed by atoms with Crippen LogP contribution in [-0.4, -0.2) is 19.7 Å². The molecule has 21 heavy (non-hydrogen) atoms. The lowest BCUT2D eigenvalue weighted by molar-refractivity contribution is -0.384. The van der Waals surface area contributed by atoms with Crippen LogP contribution >= 0.6 is 0 Å². The number of nitrogens with zero attached hydrogens (tertiary/aromatic N) is 4. The van der Waals surface area contributed by atoms with E-state index in [0.717, 1.165) is 16.6 Å². The number of hydrogen-bond donors (Lipinski definition) is 1. The van der Waals surface area contributed by atoms with Crippen molar-refractivity contribution in [3.63, 3.8) is 0 Å². The van der Waals surface area contributed by atoms with E-state index in [9.17, 15) is 10.1 Å². The number of anilines is 1. The number of pyridine rings is 1. The Hall–Kier alpha value is -2.96. The third kappa shape index (κ3) is 2.29. The second kappa shape index (κ2) is 4.86. The van der Waals surface area contributed by atoms with Gasteiger partial charge in [-0.2, -0.15) is 5.10 Å². The first-order valence-electron chi connectivity index (χ1n) is 6.38. The molecule has 3 rings (SSSR count). The van der Waals surface area contributed by atoms with E-state index < -0.39 is 4.92 Å². The summed E-state index contributed by atoms with van der Waals surface area (Å²) in [4.78, 5) is 14.9. The highest BCUT2D eigenvalue weighted by Gasteiger charge is 2.22. The lowest BCUT2D eigenvalue weighted by Gasteiger charge is -2.04. The van der Waals surface area contributed by atoms with Gasteiger partial charge in [0.25, 0.3) is 0 Å². The number of aryl methyl sites for hydroxylation is 1. The van der Waals surface area contributed by atoms with Crippen molar-refractivity contribution in [2.75, 3.05) is 5.73 Å². The number of aromatic nitrogens is 3. The van der Waals surface area contributed by atoms with Crippen LogP contribution in [0.2, 0.25) is 0 Å². The summed E-state index contributed by atoms with van der Waals surface area (Å²) in [5.74, 6) is 0.0486. The van der Waals surface area contributed by atoms with Crippen LogP contribution in [0.25, 0.3) is 10.9 Å². The maximum absolute atomic E-state index is 10.9. The smallest absolute Gasteiger partial charge is 0.333 e. The Morgan fingerprint density at radius 1 is 1.29 bits per heavy atom. The number of nitrogens with two attached hydrogens (primary N) is 1. The van der Waals surface area contributed by atoms with Crippen molar-refractivity contribution in [3.8, 4) is 0 Å². The summed E-state index contributed by atoms with van der Waals surface area (Å²) >= 11 is 0. The van der Waals surface area contributed by atoms with E-state index in [1.54, 1.807) is 6.92 Å². The molecule has 0 unspecified atom stereocenters. The highest BCUT2D eigenvalue weighted by atomic mass is 16.6. The Morgan fingerprint density at radius 2 is 2.05 bits per heavy atom. The van der Waals surface area contributed by atoms with Crippen molar-refractivity contribution in [1.29, 1.82) is 0 Å². The first kappa shape index (κ1) is 13.0. The Kier molecular flexibility index (Phi) is 3.02. The van der Waals surface area contributed by atoms with E-state index in [4.69, 9.17) is 5.73 Å². The van der Waals surface area contributed by atoms with Gasteiger partial charge >= 0.3 is 5.69 Å². The van der Waals surface area contributed by atoms with E-state index in [-0.39, 0.29) is 11.5 Å². The molecular formula is C14H13N5O2. The normalized spacial score (nSPS) is 10.9. The first-order chi connectivity index (χ1) is 10.1. The van der Waals surface area contributed by atoms with E-state index in [1.807, 2.05) is 36.4 Å². The summed E-state index contributed by atoms with van der Waals surface area (Å²) in [6.07, 6.45) is 0. The van der Waals surface area contributed by atoms with E-state index in [0.29, 0.717) is 12.2 Å². The number of nitrogen functional groups attached to an aromatic ring is 1. The van der Waals surface area contributed by atoms with E-state index in [2.05, 4.69) is 10.1 Å². The Balaban J connectivity index is 1.99. The third-order valence-electron chi connectivity index (χ3n) is 3.28. The zero-order chi connectivity index (χ0) is 15.0. The van der Waals surface area contributed by atoms with Crippen molar-refractivity contribution in [1.82, 2.24) is 14.8 Å². The Bertz CT molecular complexity index is 840. The fourth-order valence-corrected chi connectivity index (χ4v) is 2.29. The largest absolute Gasteiger partial charge is 0.378 e. The molecular weight excluding hydrogens is 270 g/mol. The number of benzene rings is 1. The highest BCUT2D eigenvalue weighted by Crippen LogP contribution is 2.25. The van der Waals surface area contributed by atoms with Crippen molar-refractivity contribution in [2.45, 2.75) is 13.5 Å². The second-order valence-electron chi connectivity index (χ2n) is 4.73. The highest BCUT2D eigenvalue weighted by molar-refractivity contribution is 5.78. The second-order valence-corrected chi connectivity index (χ2v) is 4.73. The van der Waals surface area contributed by atoms with Crippen LogP contribution in [0.1, 0.15) is 11.4 Å². The molecule has 2 heterocycles. The van der Waals surface area contributed by atoms with Crippen molar-refractivity contribution < 1.29 is 4.92 Å². The van der Waals surface area contributed by atoms with Gasteiger partial charge in [0.2, 0.25) is 5.82 Å². The maximum Gasteiger partial charge on any atom is 0.333 e. The summed E-state index contributed by atoms with van der Waals surface area (Å²) < 4.78 is 1.41. The number of rotatable bonds is 3. The summed E-state index contributed by atoms with van der Waals surface area (Å²) in [7, 11) is 0. The number of nitro groups is 1. The molecule has 0 aliphatic heterocycles. The van der Waals surface area contributed by atoms with Crippen LogP contribution in [-0.2, 0) is 6.54 Å². The molecule has 0 spiro atoms. The van der Waals surface area contributed by atoms with Gasteiger partial charge in [-0.1, -0.05) is 24.3 Å². The molecule has 0 amide bonds. The first-order valence-corrected chi connectivity index (χ1v) is 6.38. The van der Waals surface area contributed by atoms with Crippen LogP contribution in [0.5, 0.6) is 0 Å². The van der Waals surface area contributed by atoms with Crippen LogP contribution in [0.4, 0.5) is 11.5 Å². The quantitative estimate of drug-likeness (QED) is 0.587. The van der Waals surface area contributed by atoms with Gasteiger partial charge in [0, 0.05) is 5.39 Å². The van der Waals surface area contributed by atoms with Gasteiger partial charge in [-0.25, -0.2) is 4.68 Å². The molecule has 0 radical (unpaired) electrons. The summed E-state index contributed by atoms with van der Waals surface area (Å²) in [5.41, 5.74) is 7.57. The molecule has 0 aliphatic rings. The molecule has 106 valence electrons. The van der Waals surface area contributed by atoms with Crippen LogP contribution < -0.4 is 5.73 Å². The molecule has 3 aromatic rings. The molecule has 0 fully saturated rings. The topological polar surface area (TPSA) is 99.9 Å². The average Bonchev–Trinajstić information content (AvgIpc) is 2.73. The van der Waals surface area contributed by atoms with Gasteiger partial charge in [-0.3, -0.25) is 15.1 Å². The molecule has 0 saturated heterocycles. The van der Waals surface area contributed by atoms with Gasteiger partial charge in [-0.15, -0.1) is 0 Å². The van der Waals surface area contributed by atoms with Gasteiger partial charge in [-0.05, 0) is 19.1 Å². The number of fused-ring (bicyclic) bond motifs is 1. The molecule has 2 aromatic heterocycles. The maximum atomic E-state index is 10.9. The van der Waals surface area contributed by atoms with Gasteiger partial charge in [0.15, 0.2) is 0 Å². The number of para-hydroxylation sites is 1. The SMILES string of the molecule is Cc1nn(Cc2ccc3ccccc3n2)c(N)c1[N+](=O)[O-]. The predicted molar refractivity (Wildman–Crippen MR) is 78.9 cm³/mol. The minimum absolute atomic E-state index is 0.0486. The molecule has 7 heteroatoms. The summed E-state index contributed by atoms with van der Waals surface area (Å²) in [5, 5.41) is 16.1. The average molecular weight is 283 g/mol. The Labute approximate surface area is 120 Å². The fraction of sp³-hybridized carbons (Fsp3) is 0.143. The monoisotopic (exact) mass is 283 g/mol. The van der Waals surface area contributed by atoms with Gasteiger partial charge in [0.1, 0.15) is 5.69 Å². The minimum Gasteiger partial charge on any atom is -0.378 e. The lowest BCUT2D eigenvalue weighted by atomic mass is 10.2. The Morgan fingerprint density at radius 3 is 2.76 bits per heavy atom. The van der Waals surface area contributed by atoms with Crippen LogP contribution in [0.3, 0.4) is 0 Å². The third-order valence-corrected chi connectivity index (χ3v) is 3.28. The van der Waals surface area contributed by atoms with Crippen molar-refractivity contribution in [3.05, 3.63) is 57.9 Å². The van der Waals surface area contributed by atoms with Crippen LogP contribution in [0.15, 0.2) is 36.4 Å². The number of hydrogen-bond acceptors (Lipinski definition) is 5. The zero-order valence-electron chi connectivity index (χ0n) is 11.4. The molecule has 2 N–H and O–H groups in total. The standard InChI is InChI=1S/C14H13N5O2/c1-9-13(19(20)21)14(15)18(17-9)8-11-7-6-10-4-2-3-5-12(10)16-11/h2-7H,8,15H2,1H3. The molecule has 7 nitrogen and oxygen atoms in total. The molecule has 0 bridgehead atoms. The zero-order valence-corrected chi connectivity index (χ0v) is 11.4. The van der Waals surface area contributed by atoms with E-state index >= 15 is 0 Å². The molecule has 0 saturated carbocycles. The summed E-state index contributed by atoms with van der Waals surface area (Å²) in [6.45, 7) is 1.87. The van der Waals surface area contributed by atoms with Crippen molar-refractivity contribution >= 4 is 22.4 Å². The predicted octanol–water partition coefficient (Wildman–Crippen LogP) is 2.28. The molecule has 0 aliphatic carbocycles. The van der Waals surface area contributed by atoms with Crippen molar-refractivity contribution in [2.24, 2.45) is 0 Å². The fourth-order valence-electron chi connectivity index (χ4n) is 2.29. The van der Waals surface area contributed by atoms with Gasteiger partial charge < -0.3 is 5.73 Å². The molecule has 1 aromatic carbocycles. The van der Waals surface area contributed by atoms with Gasteiger partial charge in [0.05, 0.1) is 22.7 Å². The lowest BCUT2D eigenvalue weighted by Crippen LogP contribution is -2.08. The summed E-state index contributed by atoms with van der Waals surface area (Å²) in [6, 6.07) is 11.6. The minimum atomic E-state index is -0.512. The van der Waals surface area contributed by atoms with E-state index in [1.165, 1.54) is 4.68 Å². The molecule has 0 atom stereocenters. The van der Waals surface area contributed by atoms with Crippen LogP contribution in [0, 0.1) is 17.0 Å².